The molecule has 1 fully saturated rings. The number of aliphatic hydroxyl groups excluding tert-OH is 1. The van der Waals surface area contributed by atoms with Gasteiger partial charge in [0.05, 0.1) is 24.9 Å². The first-order valence-corrected chi connectivity index (χ1v) is 7.79. The molecule has 2 rings (SSSR count). The number of carbonyl (C=O) groups excluding carboxylic acids is 1. The lowest BCUT2D eigenvalue weighted by Gasteiger charge is -2.22. The van der Waals surface area contributed by atoms with E-state index in [1.807, 2.05) is 44.2 Å². The lowest BCUT2D eigenvalue weighted by atomic mass is 9.94. The zero-order valence-electron chi connectivity index (χ0n) is 13.4. The van der Waals surface area contributed by atoms with Crippen molar-refractivity contribution in [1.82, 2.24) is 5.32 Å². The van der Waals surface area contributed by atoms with Crippen molar-refractivity contribution >= 4 is 5.91 Å². The van der Waals surface area contributed by atoms with Crippen molar-refractivity contribution in [3.63, 3.8) is 0 Å². The first-order chi connectivity index (χ1) is 10.5. The number of nitrogens with one attached hydrogen (secondary N) is 1. The van der Waals surface area contributed by atoms with E-state index in [-0.39, 0.29) is 24.0 Å². The Bertz CT molecular complexity index is 479. The molecule has 1 aliphatic heterocycles. The highest BCUT2D eigenvalue weighted by atomic mass is 16.7. The van der Waals surface area contributed by atoms with Gasteiger partial charge in [0.25, 0.3) is 0 Å². The number of carbonyl (C=O) groups is 1. The molecule has 0 aromatic heterocycles. The monoisotopic (exact) mass is 307 g/mol. The van der Waals surface area contributed by atoms with Gasteiger partial charge in [-0.05, 0) is 12.0 Å². The topological polar surface area (TPSA) is 67.8 Å². The summed E-state index contributed by atoms with van der Waals surface area (Å²) < 4.78 is 11.7. The fraction of sp³-hybridized carbons (Fsp3) is 0.588. The number of benzene rings is 1. The van der Waals surface area contributed by atoms with E-state index >= 15 is 0 Å². The van der Waals surface area contributed by atoms with Gasteiger partial charge >= 0.3 is 0 Å². The van der Waals surface area contributed by atoms with E-state index in [9.17, 15) is 9.90 Å². The lowest BCUT2D eigenvalue weighted by Crippen LogP contribution is -2.44. The summed E-state index contributed by atoms with van der Waals surface area (Å²) in [6, 6.07) is 9.55. The van der Waals surface area contributed by atoms with Crippen LogP contribution >= 0.6 is 0 Å². The van der Waals surface area contributed by atoms with Gasteiger partial charge in [-0.1, -0.05) is 44.2 Å². The minimum Gasteiger partial charge on any atom is -0.390 e. The van der Waals surface area contributed by atoms with Crippen LogP contribution in [0.25, 0.3) is 0 Å². The van der Waals surface area contributed by atoms with E-state index in [2.05, 4.69) is 5.32 Å². The predicted molar refractivity (Wildman–Crippen MR) is 83.0 cm³/mol. The summed E-state index contributed by atoms with van der Waals surface area (Å²) in [4.78, 5) is 11.4. The normalized spacial score (nSPS) is 29.3. The van der Waals surface area contributed by atoms with Crippen molar-refractivity contribution in [1.29, 1.82) is 0 Å². The Hall–Kier alpha value is -1.43. The third-order valence-corrected chi connectivity index (χ3v) is 4.09. The van der Waals surface area contributed by atoms with E-state index in [4.69, 9.17) is 9.47 Å². The van der Waals surface area contributed by atoms with Gasteiger partial charge in [-0.3, -0.25) is 4.79 Å². The molecule has 1 aromatic rings. The highest BCUT2D eigenvalue weighted by Crippen LogP contribution is 2.31. The molecule has 22 heavy (non-hydrogen) atoms. The van der Waals surface area contributed by atoms with Crippen LogP contribution in [0, 0.1) is 5.92 Å². The molecule has 5 atom stereocenters. The fourth-order valence-corrected chi connectivity index (χ4v) is 2.82. The van der Waals surface area contributed by atoms with Crippen LogP contribution in [0.1, 0.15) is 32.8 Å². The first-order valence-electron chi connectivity index (χ1n) is 7.79. The van der Waals surface area contributed by atoms with Gasteiger partial charge in [-0.15, -0.1) is 0 Å². The van der Waals surface area contributed by atoms with Crippen molar-refractivity contribution < 1.29 is 19.4 Å². The Morgan fingerprint density at radius 1 is 1.41 bits per heavy atom. The molecule has 1 heterocycles. The molecule has 0 bridgehead atoms. The maximum Gasteiger partial charge on any atom is 0.217 e. The summed E-state index contributed by atoms with van der Waals surface area (Å²) in [6.07, 6.45) is -0.836. The molecule has 5 heteroatoms. The quantitative estimate of drug-likeness (QED) is 0.841. The standard InChI is InChI=1S/C17H25NO4/c1-4-14(20)16-11(2)15(18-12(3)19)17(22-16)21-10-13-8-6-5-7-9-13/h5-9,11,14-17,20H,4,10H2,1-3H3,(H,18,19)/t11-,14-,15?,16-,17-/m0/s1. The van der Waals surface area contributed by atoms with Gasteiger partial charge in [0.15, 0.2) is 6.29 Å². The van der Waals surface area contributed by atoms with E-state index in [0.29, 0.717) is 13.0 Å². The van der Waals surface area contributed by atoms with Crippen molar-refractivity contribution in [2.24, 2.45) is 5.92 Å². The van der Waals surface area contributed by atoms with E-state index in [1.54, 1.807) is 0 Å². The Balaban J connectivity index is 2.04. The number of hydrogen-bond donors (Lipinski definition) is 2. The molecule has 0 radical (unpaired) electrons. The van der Waals surface area contributed by atoms with E-state index in [0.717, 1.165) is 5.56 Å². The molecular formula is C17H25NO4. The molecule has 0 saturated carbocycles. The third kappa shape index (κ3) is 4.06. The Morgan fingerprint density at radius 2 is 2.09 bits per heavy atom. The molecule has 0 aliphatic carbocycles. The van der Waals surface area contributed by atoms with Gasteiger partial charge in [0.1, 0.15) is 0 Å². The maximum absolute atomic E-state index is 11.4. The van der Waals surface area contributed by atoms with Crippen LogP contribution in [0.15, 0.2) is 30.3 Å². The Labute approximate surface area is 131 Å². The van der Waals surface area contributed by atoms with Gasteiger partial charge < -0.3 is 19.9 Å². The molecule has 1 amide bonds. The summed E-state index contributed by atoms with van der Waals surface area (Å²) in [5.41, 5.74) is 1.04. The number of aliphatic hydroxyl groups is 1. The fourth-order valence-electron chi connectivity index (χ4n) is 2.82. The van der Waals surface area contributed by atoms with Crippen molar-refractivity contribution in [2.45, 2.75) is 58.3 Å². The summed E-state index contributed by atoms with van der Waals surface area (Å²) in [5.74, 6) is -0.139. The van der Waals surface area contributed by atoms with Crippen LogP contribution in [0.4, 0.5) is 0 Å². The van der Waals surface area contributed by atoms with E-state index < -0.39 is 12.4 Å². The number of ether oxygens (including phenoxy) is 2. The van der Waals surface area contributed by atoms with Crippen LogP contribution in [0.3, 0.4) is 0 Å². The molecule has 1 saturated heterocycles. The third-order valence-electron chi connectivity index (χ3n) is 4.09. The van der Waals surface area contributed by atoms with Crippen molar-refractivity contribution in [3.05, 3.63) is 35.9 Å². The minimum atomic E-state index is -0.559. The minimum absolute atomic E-state index is 0.0142. The SMILES string of the molecule is CC[C@H](O)[C@H]1O[C@H](OCc2ccccc2)C(NC(C)=O)[C@@H]1C. The Kier molecular flexibility index (Phi) is 5.94. The average molecular weight is 307 g/mol. The van der Waals surface area contributed by atoms with Crippen LogP contribution in [-0.2, 0) is 20.9 Å². The van der Waals surface area contributed by atoms with Crippen LogP contribution < -0.4 is 5.32 Å². The summed E-state index contributed by atoms with van der Waals surface area (Å²) >= 11 is 0. The summed E-state index contributed by atoms with van der Waals surface area (Å²) in [5, 5.41) is 13.0. The molecular weight excluding hydrogens is 282 g/mol. The zero-order valence-corrected chi connectivity index (χ0v) is 13.4. The van der Waals surface area contributed by atoms with Gasteiger partial charge in [0.2, 0.25) is 5.91 Å². The second kappa shape index (κ2) is 7.72. The van der Waals surface area contributed by atoms with Crippen molar-refractivity contribution in [2.75, 3.05) is 0 Å². The molecule has 1 aliphatic rings. The van der Waals surface area contributed by atoms with Crippen LogP contribution in [0.5, 0.6) is 0 Å². The lowest BCUT2D eigenvalue weighted by molar-refractivity contribution is -0.168. The first kappa shape index (κ1) is 16.9. The molecule has 122 valence electrons. The number of hydrogen-bond acceptors (Lipinski definition) is 4. The molecule has 5 nitrogen and oxygen atoms in total. The summed E-state index contributed by atoms with van der Waals surface area (Å²) in [6.45, 7) is 5.76. The van der Waals surface area contributed by atoms with Gasteiger partial charge in [0, 0.05) is 12.8 Å². The number of rotatable bonds is 6. The zero-order chi connectivity index (χ0) is 16.1. The second-order valence-electron chi connectivity index (χ2n) is 5.83. The number of amides is 1. The molecule has 0 spiro atoms. The van der Waals surface area contributed by atoms with Gasteiger partial charge in [-0.25, -0.2) is 0 Å². The van der Waals surface area contributed by atoms with E-state index in [1.165, 1.54) is 6.92 Å². The Morgan fingerprint density at radius 3 is 2.68 bits per heavy atom. The van der Waals surface area contributed by atoms with Crippen LogP contribution in [0.2, 0.25) is 0 Å². The second-order valence-corrected chi connectivity index (χ2v) is 5.83. The van der Waals surface area contributed by atoms with Crippen molar-refractivity contribution in [3.8, 4) is 0 Å². The van der Waals surface area contributed by atoms with Gasteiger partial charge in [-0.2, -0.15) is 0 Å². The average Bonchev–Trinajstić information content (AvgIpc) is 2.82. The maximum atomic E-state index is 11.4. The highest BCUT2D eigenvalue weighted by molar-refractivity contribution is 5.73. The highest BCUT2D eigenvalue weighted by Gasteiger charge is 2.45. The molecule has 1 aromatic carbocycles. The summed E-state index contributed by atoms with van der Waals surface area (Å²) in [7, 11) is 0. The predicted octanol–water partition coefficient (Wildman–Crippen LogP) is 1.84. The molecule has 1 unspecified atom stereocenters. The molecule has 2 N–H and O–H groups in total. The largest absolute Gasteiger partial charge is 0.390 e. The smallest absolute Gasteiger partial charge is 0.217 e. The van der Waals surface area contributed by atoms with Crippen LogP contribution in [-0.4, -0.2) is 35.6 Å².